The molecule has 0 spiro atoms. The van der Waals surface area contributed by atoms with E-state index < -0.39 is 0 Å². The molecular formula is C19H14FN3. The van der Waals surface area contributed by atoms with Gasteiger partial charge in [-0.2, -0.15) is 5.26 Å². The molecule has 0 aliphatic heterocycles. The van der Waals surface area contributed by atoms with Crippen LogP contribution in [0.5, 0.6) is 0 Å². The van der Waals surface area contributed by atoms with Gasteiger partial charge in [-0.25, -0.2) is 4.39 Å². The van der Waals surface area contributed by atoms with Crippen molar-refractivity contribution >= 4 is 12.2 Å². The number of aromatic nitrogens is 2. The first-order valence-electron chi connectivity index (χ1n) is 7.15. The van der Waals surface area contributed by atoms with Gasteiger partial charge in [-0.15, -0.1) is 0 Å². The molecule has 3 rings (SSSR count). The van der Waals surface area contributed by atoms with E-state index in [2.05, 4.69) is 16.0 Å². The van der Waals surface area contributed by atoms with Gasteiger partial charge >= 0.3 is 0 Å². The molecule has 0 fully saturated rings. The lowest BCUT2D eigenvalue weighted by Gasteiger charge is -2.00. The topological polar surface area (TPSA) is 52.5 Å². The van der Waals surface area contributed by atoms with Crippen molar-refractivity contribution < 1.29 is 4.39 Å². The van der Waals surface area contributed by atoms with Gasteiger partial charge in [0.2, 0.25) is 0 Å². The van der Waals surface area contributed by atoms with Crippen molar-refractivity contribution in [1.82, 2.24) is 9.97 Å². The zero-order valence-corrected chi connectivity index (χ0v) is 12.5. The van der Waals surface area contributed by atoms with E-state index in [1.807, 2.05) is 37.3 Å². The Balaban J connectivity index is 1.87. The third-order valence-corrected chi connectivity index (χ3v) is 3.54. The maximum atomic E-state index is 12.9. The fourth-order valence-corrected chi connectivity index (χ4v) is 2.29. The molecular weight excluding hydrogens is 289 g/mol. The number of nitrogens with zero attached hydrogens (tertiary/aromatic N) is 2. The molecule has 0 radical (unpaired) electrons. The fourth-order valence-electron chi connectivity index (χ4n) is 2.29. The summed E-state index contributed by atoms with van der Waals surface area (Å²) < 4.78 is 12.9. The fraction of sp³-hybridized carbons (Fsp3) is 0.0526. The largest absolute Gasteiger partial charge is 0.358 e. The second kappa shape index (κ2) is 6.29. The molecule has 1 aromatic carbocycles. The Morgan fingerprint density at radius 1 is 1.13 bits per heavy atom. The number of hydrogen-bond acceptors (Lipinski definition) is 2. The van der Waals surface area contributed by atoms with Gasteiger partial charge in [-0.1, -0.05) is 18.2 Å². The highest BCUT2D eigenvalue weighted by molar-refractivity contribution is 5.71. The van der Waals surface area contributed by atoms with E-state index in [1.54, 1.807) is 18.3 Å². The molecule has 2 aromatic heterocycles. The third-order valence-electron chi connectivity index (χ3n) is 3.54. The summed E-state index contributed by atoms with van der Waals surface area (Å²) in [6.45, 7) is 1.87. The lowest BCUT2D eigenvalue weighted by Crippen LogP contribution is -1.84. The first kappa shape index (κ1) is 14.7. The summed E-state index contributed by atoms with van der Waals surface area (Å²) in [4.78, 5) is 7.51. The molecule has 0 saturated carbocycles. The molecule has 0 unspecified atom stereocenters. The second-order valence-corrected chi connectivity index (χ2v) is 5.19. The van der Waals surface area contributed by atoms with Gasteiger partial charge in [0, 0.05) is 23.1 Å². The van der Waals surface area contributed by atoms with Crippen LogP contribution in [0.1, 0.15) is 22.5 Å². The summed E-state index contributed by atoms with van der Waals surface area (Å²) in [6, 6.07) is 14.1. The van der Waals surface area contributed by atoms with Crippen molar-refractivity contribution in [3.8, 4) is 17.3 Å². The molecule has 4 heteroatoms. The quantitative estimate of drug-likeness (QED) is 0.770. The molecule has 0 saturated heterocycles. The number of hydrogen-bond donors (Lipinski definition) is 1. The van der Waals surface area contributed by atoms with Crippen LogP contribution in [0.15, 0.2) is 48.7 Å². The van der Waals surface area contributed by atoms with Crippen molar-refractivity contribution in [2.75, 3.05) is 0 Å². The minimum atomic E-state index is -0.252. The number of pyridine rings is 1. The molecule has 112 valence electrons. The third kappa shape index (κ3) is 3.35. The van der Waals surface area contributed by atoms with Crippen LogP contribution in [0.2, 0.25) is 0 Å². The van der Waals surface area contributed by atoms with Crippen LogP contribution in [0.25, 0.3) is 23.4 Å². The van der Waals surface area contributed by atoms with E-state index in [9.17, 15) is 4.39 Å². The number of aryl methyl sites for hydroxylation is 1. The average Bonchev–Trinajstić information content (AvgIpc) is 2.96. The Kier molecular flexibility index (Phi) is 4.03. The molecule has 0 bridgehead atoms. The zero-order chi connectivity index (χ0) is 16.2. The molecule has 2 heterocycles. The summed E-state index contributed by atoms with van der Waals surface area (Å²) in [6.07, 6.45) is 5.48. The van der Waals surface area contributed by atoms with E-state index in [1.165, 1.54) is 12.1 Å². The highest BCUT2D eigenvalue weighted by atomic mass is 19.1. The molecule has 23 heavy (non-hydrogen) atoms. The molecule has 0 atom stereocenters. The normalized spacial score (nSPS) is 10.8. The molecule has 3 nitrogen and oxygen atoms in total. The van der Waals surface area contributed by atoms with Crippen LogP contribution in [0, 0.1) is 24.1 Å². The number of nitriles is 1. The maximum absolute atomic E-state index is 12.9. The van der Waals surface area contributed by atoms with Gasteiger partial charge in [-0.3, -0.25) is 4.98 Å². The van der Waals surface area contributed by atoms with E-state index in [4.69, 9.17) is 5.26 Å². The number of rotatable bonds is 3. The summed E-state index contributed by atoms with van der Waals surface area (Å²) in [5.74, 6) is -0.252. The van der Waals surface area contributed by atoms with Gasteiger partial charge in [-0.05, 0) is 48.9 Å². The second-order valence-electron chi connectivity index (χ2n) is 5.19. The van der Waals surface area contributed by atoms with E-state index in [-0.39, 0.29) is 5.82 Å². The number of H-pyrrole nitrogens is 1. The smallest absolute Gasteiger partial charge is 0.123 e. The van der Waals surface area contributed by atoms with Crippen molar-refractivity contribution in [3.63, 3.8) is 0 Å². The standard InChI is InChI=1S/C19H14FN3/c1-13-16(12-21)11-19(23-13)15-8-9-22-18(10-15)7-4-14-2-5-17(20)6-3-14/h2-11,23H,1H3/b7-4+. The van der Waals surface area contributed by atoms with Gasteiger partial charge in [0.25, 0.3) is 0 Å². The van der Waals surface area contributed by atoms with Gasteiger partial charge in [0.15, 0.2) is 0 Å². The van der Waals surface area contributed by atoms with Crippen LogP contribution in [-0.2, 0) is 0 Å². The highest BCUT2D eigenvalue weighted by Gasteiger charge is 2.06. The molecule has 3 aromatic rings. The maximum Gasteiger partial charge on any atom is 0.123 e. The van der Waals surface area contributed by atoms with Crippen LogP contribution in [0.3, 0.4) is 0 Å². The van der Waals surface area contributed by atoms with Crippen molar-refractivity contribution in [1.29, 1.82) is 5.26 Å². The number of halogens is 1. The van der Waals surface area contributed by atoms with Gasteiger partial charge in [0.1, 0.15) is 11.9 Å². The van der Waals surface area contributed by atoms with Gasteiger partial charge in [0.05, 0.1) is 11.3 Å². The number of benzene rings is 1. The minimum absolute atomic E-state index is 0.252. The Bertz CT molecular complexity index is 899. The van der Waals surface area contributed by atoms with Crippen molar-refractivity contribution in [3.05, 3.63) is 77.0 Å². The number of aromatic amines is 1. The summed E-state index contributed by atoms with van der Waals surface area (Å²) in [5.41, 5.74) is 5.03. The lowest BCUT2D eigenvalue weighted by molar-refractivity contribution is 0.628. The minimum Gasteiger partial charge on any atom is -0.358 e. The van der Waals surface area contributed by atoms with Crippen LogP contribution >= 0.6 is 0 Å². The average molecular weight is 303 g/mol. The zero-order valence-electron chi connectivity index (χ0n) is 12.5. The van der Waals surface area contributed by atoms with Crippen molar-refractivity contribution in [2.45, 2.75) is 6.92 Å². The lowest BCUT2D eigenvalue weighted by atomic mass is 10.1. The summed E-state index contributed by atoms with van der Waals surface area (Å²) >= 11 is 0. The Morgan fingerprint density at radius 3 is 2.61 bits per heavy atom. The molecule has 1 N–H and O–H groups in total. The van der Waals surface area contributed by atoms with Crippen LogP contribution < -0.4 is 0 Å². The van der Waals surface area contributed by atoms with E-state index in [0.717, 1.165) is 28.2 Å². The van der Waals surface area contributed by atoms with Crippen LogP contribution in [0.4, 0.5) is 4.39 Å². The monoisotopic (exact) mass is 303 g/mol. The number of nitrogens with one attached hydrogen (secondary N) is 1. The highest BCUT2D eigenvalue weighted by Crippen LogP contribution is 2.22. The van der Waals surface area contributed by atoms with Gasteiger partial charge < -0.3 is 4.98 Å². The SMILES string of the molecule is Cc1[nH]c(-c2ccnc(/C=C/c3ccc(F)cc3)c2)cc1C#N. The Morgan fingerprint density at radius 2 is 1.91 bits per heavy atom. The van der Waals surface area contributed by atoms with Crippen molar-refractivity contribution in [2.24, 2.45) is 0 Å². The predicted molar refractivity (Wildman–Crippen MR) is 88.8 cm³/mol. The predicted octanol–water partition coefficient (Wildman–Crippen LogP) is 4.57. The van der Waals surface area contributed by atoms with E-state index in [0.29, 0.717) is 5.56 Å². The Labute approximate surface area is 133 Å². The first-order valence-corrected chi connectivity index (χ1v) is 7.15. The van der Waals surface area contributed by atoms with Crippen LogP contribution in [-0.4, -0.2) is 9.97 Å². The summed E-state index contributed by atoms with van der Waals surface area (Å²) in [5, 5.41) is 9.04. The molecule has 0 amide bonds. The first-order chi connectivity index (χ1) is 11.2. The molecule has 0 aliphatic carbocycles. The van der Waals surface area contributed by atoms with E-state index >= 15 is 0 Å². The summed E-state index contributed by atoms with van der Waals surface area (Å²) in [7, 11) is 0. The Hall–Kier alpha value is -3.19. The molecule has 0 aliphatic rings.